The number of hydrogen-bond donors (Lipinski definition) is 1. The third-order valence-corrected chi connectivity index (χ3v) is 4.76. The van der Waals surface area contributed by atoms with Crippen molar-refractivity contribution in [2.45, 2.75) is 32.1 Å². The van der Waals surface area contributed by atoms with Crippen LogP contribution in [-0.2, 0) is 12.8 Å². The molecule has 0 unspecified atom stereocenters. The lowest BCUT2D eigenvalue weighted by atomic mass is 10.1. The van der Waals surface area contributed by atoms with Gasteiger partial charge in [-0.3, -0.25) is 4.79 Å². The van der Waals surface area contributed by atoms with Gasteiger partial charge in [0.1, 0.15) is 5.82 Å². The molecular formula is C14H14ClN3OS. The first-order chi connectivity index (χ1) is 9.72. The number of nitrogens with one attached hydrogen (secondary N) is 1. The zero-order valence-corrected chi connectivity index (χ0v) is 12.4. The third-order valence-electron chi connectivity index (χ3n) is 3.34. The molecule has 1 aliphatic carbocycles. The Bertz CT molecular complexity index is 618. The summed E-state index contributed by atoms with van der Waals surface area (Å²) in [4.78, 5) is 22.1. The highest BCUT2D eigenvalue weighted by Crippen LogP contribution is 2.29. The summed E-state index contributed by atoms with van der Waals surface area (Å²) in [7, 11) is 0. The van der Waals surface area contributed by atoms with Crippen LogP contribution in [0.25, 0.3) is 0 Å². The first-order valence-electron chi connectivity index (χ1n) is 6.64. The molecule has 4 nitrogen and oxygen atoms in total. The largest absolute Gasteiger partial charge is 0.306 e. The third kappa shape index (κ3) is 2.99. The molecule has 2 aromatic heterocycles. The molecule has 1 N–H and O–H groups in total. The Kier molecular flexibility index (Phi) is 3.98. The van der Waals surface area contributed by atoms with Gasteiger partial charge < -0.3 is 5.32 Å². The van der Waals surface area contributed by atoms with Crippen molar-refractivity contribution in [3.63, 3.8) is 0 Å². The summed E-state index contributed by atoms with van der Waals surface area (Å²) < 4.78 is 0. The Hall–Kier alpha value is -1.46. The van der Waals surface area contributed by atoms with E-state index in [9.17, 15) is 4.79 Å². The van der Waals surface area contributed by atoms with Crippen molar-refractivity contribution >= 4 is 34.7 Å². The van der Waals surface area contributed by atoms with E-state index in [0.717, 1.165) is 17.7 Å². The molecule has 0 aliphatic heterocycles. The van der Waals surface area contributed by atoms with Crippen LogP contribution in [-0.4, -0.2) is 15.9 Å². The molecule has 0 saturated carbocycles. The number of hydrogen-bond acceptors (Lipinski definition) is 4. The molecule has 2 heterocycles. The van der Waals surface area contributed by atoms with Gasteiger partial charge in [-0.1, -0.05) is 6.42 Å². The Morgan fingerprint density at radius 3 is 3.00 bits per heavy atom. The Labute approximate surface area is 126 Å². The number of aryl methyl sites for hydroxylation is 2. The monoisotopic (exact) mass is 307 g/mol. The van der Waals surface area contributed by atoms with E-state index in [1.807, 2.05) is 6.07 Å². The number of rotatable bonds is 2. The summed E-state index contributed by atoms with van der Waals surface area (Å²) in [5, 5.41) is 2.89. The number of nitrogens with zero attached hydrogens (tertiary/aromatic N) is 2. The lowest BCUT2D eigenvalue weighted by Gasteiger charge is -2.02. The molecule has 3 rings (SSSR count). The zero-order chi connectivity index (χ0) is 13.9. The molecule has 1 amide bonds. The summed E-state index contributed by atoms with van der Waals surface area (Å²) in [5.74, 6) is 0.302. The highest BCUT2D eigenvalue weighted by molar-refractivity contribution is 7.14. The Morgan fingerprint density at radius 1 is 1.30 bits per heavy atom. The van der Waals surface area contributed by atoms with Gasteiger partial charge in [-0.25, -0.2) is 9.97 Å². The van der Waals surface area contributed by atoms with Gasteiger partial charge in [-0.05, 0) is 55.0 Å². The summed E-state index contributed by atoms with van der Waals surface area (Å²) in [5.41, 5.74) is 1.33. The molecule has 0 fully saturated rings. The van der Waals surface area contributed by atoms with Crippen molar-refractivity contribution in [2.24, 2.45) is 0 Å². The van der Waals surface area contributed by atoms with Crippen molar-refractivity contribution in [2.75, 3.05) is 5.32 Å². The fraction of sp³-hybridized carbons (Fsp3) is 0.357. The zero-order valence-electron chi connectivity index (χ0n) is 10.9. The van der Waals surface area contributed by atoms with Crippen molar-refractivity contribution in [3.8, 4) is 0 Å². The number of amides is 1. The molecule has 104 valence electrons. The van der Waals surface area contributed by atoms with Crippen LogP contribution in [0.15, 0.2) is 18.3 Å². The highest BCUT2D eigenvalue weighted by Gasteiger charge is 2.16. The van der Waals surface area contributed by atoms with Gasteiger partial charge >= 0.3 is 0 Å². The summed E-state index contributed by atoms with van der Waals surface area (Å²) in [6.45, 7) is 0. The second-order valence-corrected chi connectivity index (χ2v) is 6.26. The number of fused-ring (bicyclic) bond motifs is 1. The van der Waals surface area contributed by atoms with Gasteiger partial charge in [0.15, 0.2) is 0 Å². The molecule has 0 bridgehead atoms. The molecule has 0 saturated heterocycles. The van der Waals surface area contributed by atoms with E-state index >= 15 is 0 Å². The number of halogens is 1. The molecule has 0 atom stereocenters. The minimum absolute atomic E-state index is 0.127. The molecule has 0 radical (unpaired) electrons. The standard InChI is InChI=1S/C14H14ClN3OS/c15-14-16-7-6-12(18-14)17-13(19)11-8-9-4-2-1-3-5-10(9)20-11/h6-8H,1-5H2,(H,16,17,18,19). The average Bonchev–Trinajstić information content (AvgIpc) is 2.70. The van der Waals surface area contributed by atoms with Crippen LogP contribution >= 0.6 is 22.9 Å². The lowest BCUT2D eigenvalue weighted by molar-refractivity contribution is 0.103. The molecular weight excluding hydrogens is 294 g/mol. The van der Waals surface area contributed by atoms with Gasteiger partial charge in [-0.2, -0.15) is 0 Å². The van der Waals surface area contributed by atoms with E-state index in [2.05, 4.69) is 15.3 Å². The summed E-state index contributed by atoms with van der Waals surface area (Å²) in [6, 6.07) is 3.64. The van der Waals surface area contributed by atoms with Gasteiger partial charge in [0.25, 0.3) is 5.91 Å². The number of thiophene rings is 1. The molecule has 2 aromatic rings. The first-order valence-corrected chi connectivity index (χ1v) is 7.83. The summed E-state index contributed by atoms with van der Waals surface area (Å²) >= 11 is 7.30. The maximum atomic E-state index is 12.2. The molecule has 0 aromatic carbocycles. The van der Waals surface area contributed by atoms with E-state index in [4.69, 9.17) is 11.6 Å². The van der Waals surface area contributed by atoms with Crippen LogP contribution in [0.1, 0.15) is 39.4 Å². The van der Waals surface area contributed by atoms with Gasteiger partial charge in [-0.15, -0.1) is 11.3 Å². The number of carbonyl (C=O) groups excluding carboxylic acids is 1. The topological polar surface area (TPSA) is 54.9 Å². The van der Waals surface area contributed by atoms with Crippen LogP contribution in [0.4, 0.5) is 5.82 Å². The summed E-state index contributed by atoms with van der Waals surface area (Å²) in [6.07, 6.45) is 7.41. The van der Waals surface area contributed by atoms with Gasteiger partial charge in [0.2, 0.25) is 5.28 Å². The molecule has 6 heteroatoms. The number of carbonyl (C=O) groups is 1. The van der Waals surface area contributed by atoms with Crippen molar-refractivity contribution in [3.05, 3.63) is 38.9 Å². The smallest absolute Gasteiger partial charge is 0.266 e. The SMILES string of the molecule is O=C(Nc1ccnc(Cl)n1)c1cc2c(s1)CCCCC2. The van der Waals surface area contributed by atoms with Crippen LogP contribution in [0.2, 0.25) is 5.28 Å². The minimum Gasteiger partial charge on any atom is -0.306 e. The van der Waals surface area contributed by atoms with Crippen LogP contribution in [0.5, 0.6) is 0 Å². The molecule has 1 aliphatic rings. The maximum Gasteiger partial charge on any atom is 0.266 e. The quantitative estimate of drug-likeness (QED) is 0.679. The minimum atomic E-state index is -0.127. The number of aromatic nitrogens is 2. The van der Waals surface area contributed by atoms with E-state index < -0.39 is 0 Å². The van der Waals surface area contributed by atoms with E-state index in [-0.39, 0.29) is 11.2 Å². The molecule has 0 spiro atoms. The Balaban J connectivity index is 1.77. The number of anilines is 1. The van der Waals surface area contributed by atoms with E-state index in [1.165, 1.54) is 35.9 Å². The lowest BCUT2D eigenvalue weighted by Crippen LogP contribution is -2.11. The predicted octanol–water partition coefficient (Wildman–Crippen LogP) is 3.71. The van der Waals surface area contributed by atoms with Crippen molar-refractivity contribution in [1.82, 2.24) is 9.97 Å². The normalized spacial score (nSPS) is 14.4. The van der Waals surface area contributed by atoms with Crippen LogP contribution in [0, 0.1) is 0 Å². The van der Waals surface area contributed by atoms with Crippen LogP contribution in [0.3, 0.4) is 0 Å². The second kappa shape index (κ2) is 5.89. The second-order valence-electron chi connectivity index (χ2n) is 4.78. The van der Waals surface area contributed by atoms with Crippen LogP contribution < -0.4 is 5.32 Å². The van der Waals surface area contributed by atoms with E-state index in [1.54, 1.807) is 17.4 Å². The predicted molar refractivity (Wildman–Crippen MR) is 80.6 cm³/mol. The highest BCUT2D eigenvalue weighted by atomic mass is 35.5. The van der Waals surface area contributed by atoms with Crippen molar-refractivity contribution < 1.29 is 4.79 Å². The maximum absolute atomic E-state index is 12.2. The molecule has 20 heavy (non-hydrogen) atoms. The van der Waals surface area contributed by atoms with Gasteiger partial charge in [0, 0.05) is 11.1 Å². The fourth-order valence-electron chi connectivity index (χ4n) is 2.36. The first kappa shape index (κ1) is 13.5. The fourth-order valence-corrected chi connectivity index (χ4v) is 3.66. The van der Waals surface area contributed by atoms with E-state index in [0.29, 0.717) is 5.82 Å². The van der Waals surface area contributed by atoms with Gasteiger partial charge in [0.05, 0.1) is 4.88 Å². The van der Waals surface area contributed by atoms with Crippen molar-refractivity contribution in [1.29, 1.82) is 0 Å². The Morgan fingerprint density at radius 2 is 2.15 bits per heavy atom. The average molecular weight is 308 g/mol.